The molecule has 24 heavy (non-hydrogen) atoms. The molecule has 1 aromatic heterocycles. The molecule has 1 amide bonds. The molecule has 2 aliphatic rings. The van der Waals surface area contributed by atoms with E-state index >= 15 is 0 Å². The molecule has 0 bridgehead atoms. The Balaban J connectivity index is 1.56. The lowest BCUT2D eigenvalue weighted by Gasteiger charge is -2.57. The van der Waals surface area contributed by atoms with Gasteiger partial charge in [-0.2, -0.15) is 0 Å². The summed E-state index contributed by atoms with van der Waals surface area (Å²) in [5.41, 5.74) is 2.15. The molecule has 0 aliphatic heterocycles. The van der Waals surface area contributed by atoms with Crippen molar-refractivity contribution >= 4 is 5.91 Å². The zero-order chi connectivity index (χ0) is 17.2. The maximum atomic E-state index is 12.5. The van der Waals surface area contributed by atoms with Crippen LogP contribution >= 0.6 is 0 Å². The molecular formula is C19H30N2O3. The highest BCUT2D eigenvalue weighted by Gasteiger charge is 2.55. The summed E-state index contributed by atoms with van der Waals surface area (Å²) in [5, 5.41) is 7.25. The Morgan fingerprint density at radius 3 is 2.71 bits per heavy atom. The fourth-order valence-electron chi connectivity index (χ4n) is 4.63. The Labute approximate surface area is 144 Å². The predicted octanol–water partition coefficient (Wildman–Crippen LogP) is 3.47. The molecule has 5 nitrogen and oxygen atoms in total. The van der Waals surface area contributed by atoms with Crippen LogP contribution in [0.2, 0.25) is 0 Å². The van der Waals surface area contributed by atoms with Crippen LogP contribution in [0.15, 0.2) is 4.52 Å². The molecule has 2 saturated carbocycles. The molecule has 2 aliphatic carbocycles. The molecule has 1 aromatic rings. The molecule has 3 rings (SSSR count). The summed E-state index contributed by atoms with van der Waals surface area (Å²) in [7, 11) is 0. The number of hydrogen-bond acceptors (Lipinski definition) is 4. The Hall–Kier alpha value is -1.36. The van der Waals surface area contributed by atoms with Crippen molar-refractivity contribution < 1.29 is 14.1 Å². The minimum absolute atomic E-state index is 0.139. The van der Waals surface area contributed by atoms with Crippen molar-refractivity contribution in [2.45, 2.75) is 84.3 Å². The molecule has 2 atom stereocenters. The van der Waals surface area contributed by atoms with Crippen molar-refractivity contribution in [1.29, 1.82) is 0 Å². The quantitative estimate of drug-likeness (QED) is 0.865. The smallest absolute Gasteiger partial charge is 0.220 e. The van der Waals surface area contributed by atoms with Crippen LogP contribution in [0, 0.1) is 19.3 Å². The van der Waals surface area contributed by atoms with E-state index in [2.05, 4.69) is 17.4 Å². The lowest BCUT2D eigenvalue weighted by molar-refractivity contribution is -0.157. The summed E-state index contributed by atoms with van der Waals surface area (Å²) in [4.78, 5) is 12.5. The summed E-state index contributed by atoms with van der Waals surface area (Å²) in [6, 6.07) is 0.284. The Bertz CT molecular complexity index is 556. The normalized spacial score (nSPS) is 25.5. The number of nitrogens with zero attached hydrogens (tertiary/aromatic N) is 1. The first-order valence-corrected chi connectivity index (χ1v) is 9.39. The molecule has 5 heteroatoms. The van der Waals surface area contributed by atoms with E-state index in [4.69, 9.17) is 9.26 Å². The molecular weight excluding hydrogens is 304 g/mol. The monoisotopic (exact) mass is 334 g/mol. The number of nitrogens with one attached hydrogen (secondary N) is 1. The zero-order valence-electron chi connectivity index (χ0n) is 15.2. The summed E-state index contributed by atoms with van der Waals surface area (Å²) < 4.78 is 11.1. The molecule has 0 saturated heterocycles. The maximum Gasteiger partial charge on any atom is 0.220 e. The lowest BCUT2D eigenvalue weighted by Crippen LogP contribution is -2.65. The number of amides is 1. The van der Waals surface area contributed by atoms with Crippen molar-refractivity contribution in [3.05, 3.63) is 17.0 Å². The van der Waals surface area contributed by atoms with Gasteiger partial charge in [0.05, 0.1) is 11.8 Å². The average Bonchev–Trinajstić information content (AvgIpc) is 2.91. The third kappa shape index (κ3) is 3.23. The summed E-state index contributed by atoms with van der Waals surface area (Å²) >= 11 is 0. The summed E-state index contributed by atoms with van der Waals surface area (Å²) in [6.45, 7) is 6.66. The molecule has 134 valence electrons. The number of carbonyl (C=O) groups is 1. The van der Waals surface area contributed by atoms with Gasteiger partial charge in [0, 0.05) is 30.0 Å². The van der Waals surface area contributed by atoms with Crippen LogP contribution in [0.1, 0.15) is 68.9 Å². The van der Waals surface area contributed by atoms with Crippen LogP contribution in [-0.2, 0) is 16.0 Å². The molecule has 0 aromatic carbocycles. The zero-order valence-corrected chi connectivity index (χ0v) is 15.2. The minimum atomic E-state index is 0.139. The molecule has 0 radical (unpaired) electrons. The number of aryl methyl sites for hydroxylation is 2. The molecule has 2 fully saturated rings. The van der Waals surface area contributed by atoms with Gasteiger partial charge in [0.25, 0.3) is 0 Å². The molecule has 1 N–H and O–H groups in total. The number of carbonyl (C=O) groups excluding carboxylic acids is 1. The van der Waals surface area contributed by atoms with Crippen molar-refractivity contribution in [2.75, 3.05) is 6.61 Å². The van der Waals surface area contributed by atoms with E-state index in [-0.39, 0.29) is 17.4 Å². The summed E-state index contributed by atoms with van der Waals surface area (Å²) in [6.07, 6.45) is 8.69. The van der Waals surface area contributed by atoms with Crippen LogP contribution in [-0.4, -0.2) is 29.8 Å². The lowest BCUT2D eigenvalue weighted by atomic mass is 9.55. The van der Waals surface area contributed by atoms with Crippen molar-refractivity contribution in [1.82, 2.24) is 10.5 Å². The number of hydrogen-bond donors (Lipinski definition) is 1. The van der Waals surface area contributed by atoms with E-state index in [0.29, 0.717) is 18.9 Å². The topological polar surface area (TPSA) is 64.4 Å². The third-order valence-electron chi connectivity index (χ3n) is 6.06. The van der Waals surface area contributed by atoms with E-state index in [9.17, 15) is 4.79 Å². The van der Waals surface area contributed by atoms with Gasteiger partial charge in [0.15, 0.2) is 0 Å². The van der Waals surface area contributed by atoms with Crippen molar-refractivity contribution in [2.24, 2.45) is 5.41 Å². The van der Waals surface area contributed by atoms with Gasteiger partial charge in [-0.15, -0.1) is 0 Å². The first-order valence-electron chi connectivity index (χ1n) is 9.39. The molecule has 1 spiro atoms. The van der Waals surface area contributed by atoms with Crippen LogP contribution < -0.4 is 5.32 Å². The van der Waals surface area contributed by atoms with E-state index < -0.39 is 0 Å². The van der Waals surface area contributed by atoms with Crippen LogP contribution in [0.5, 0.6) is 0 Å². The first kappa shape index (κ1) is 17.5. The Morgan fingerprint density at radius 1 is 1.33 bits per heavy atom. The maximum absolute atomic E-state index is 12.5. The Kier molecular flexibility index (Phi) is 5.28. The fourth-order valence-corrected chi connectivity index (χ4v) is 4.63. The van der Waals surface area contributed by atoms with Gasteiger partial charge in [-0.1, -0.05) is 24.4 Å². The van der Waals surface area contributed by atoms with E-state index in [1.165, 1.54) is 32.1 Å². The Morgan fingerprint density at radius 2 is 2.08 bits per heavy atom. The highest BCUT2D eigenvalue weighted by molar-refractivity contribution is 5.77. The van der Waals surface area contributed by atoms with Gasteiger partial charge in [-0.25, -0.2) is 0 Å². The molecule has 0 unspecified atom stereocenters. The fraction of sp³-hybridized carbons (Fsp3) is 0.789. The SMILES string of the molecule is CCO[C@H]1C[C@@H](NC(=O)CCc2c(C)noc2C)C12CCCCC2. The first-order chi connectivity index (χ1) is 11.6. The predicted molar refractivity (Wildman–Crippen MR) is 91.8 cm³/mol. The number of aromatic nitrogens is 1. The van der Waals surface area contributed by atoms with E-state index in [1.54, 1.807) is 0 Å². The van der Waals surface area contributed by atoms with Gasteiger partial charge in [-0.3, -0.25) is 4.79 Å². The van der Waals surface area contributed by atoms with E-state index in [0.717, 1.165) is 30.0 Å². The second kappa shape index (κ2) is 7.26. The van der Waals surface area contributed by atoms with Gasteiger partial charge in [-0.05, 0) is 46.5 Å². The van der Waals surface area contributed by atoms with Crippen LogP contribution in [0.25, 0.3) is 0 Å². The van der Waals surface area contributed by atoms with Gasteiger partial charge in [0.1, 0.15) is 5.76 Å². The van der Waals surface area contributed by atoms with Gasteiger partial charge in [0.2, 0.25) is 5.91 Å². The largest absolute Gasteiger partial charge is 0.378 e. The van der Waals surface area contributed by atoms with Crippen LogP contribution in [0.3, 0.4) is 0 Å². The van der Waals surface area contributed by atoms with Crippen molar-refractivity contribution in [3.8, 4) is 0 Å². The summed E-state index contributed by atoms with van der Waals surface area (Å²) in [5.74, 6) is 0.962. The van der Waals surface area contributed by atoms with Crippen LogP contribution in [0.4, 0.5) is 0 Å². The number of ether oxygens (including phenoxy) is 1. The second-order valence-electron chi connectivity index (χ2n) is 7.40. The third-order valence-corrected chi connectivity index (χ3v) is 6.06. The van der Waals surface area contributed by atoms with Gasteiger partial charge >= 0.3 is 0 Å². The van der Waals surface area contributed by atoms with E-state index in [1.807, 2.05) is 13.8 Å². The standard InChI is InChI=1S/C19H30N2O3/c1-4-23-17-12-16(19(17)10-6-5-7-11-19)20-18(22)9-8-15-13(2)21-24-14(15)3/h16-17H,4-12H2,1-3H3,(H,20,22)/t16-,17+/m1/s1. The second-order valence-corrected chi connectivity index (χ2v) is 7.40. The van der Waals surface area contributed by atoms with Crippen molar-refractivity contribution in [3.63, 3.8) is 0 Å². The molecule has 1 heterocycles. The minimum Gasteiger partial charge on any atom is -0.378 e. The number of rotatable bonds is 6. The highest BCUT2D eigenvalue weighted by Crippen LogP contribution is 2.53. The van der Waals surface area contributed by atoms with Gasteiger partial charge < -0.3 is 14.6 Å². The average molecular weight is 334 g/mol. The highest BCUT2D eigenvalue weighted by atomic mass is 16.5.